The van der Waals surface area contributed by atoms with Crippen molar-refractivity contribution in [1.82, 2.24) is 15.0 Å². The zero-order valence-corrected chi connectivity index (χ0v) is 36.0. The number of aromatic nitrogens is 3. The van der Waals surface area contributed by atoms with E-state index in [4.69, 9.17) is 15.0 Å². The largest absolute Gasteiger partial charge is 0.208 e. The normalized spacial score (nSPS) is 11.3. The number of benzene rings is 11. The molecule has 0 saturated carbocycles. The van der Waals surface area contributed by atoms with Gasteiger partial charge in [-0.3, -0.25) is 0 Å². The summed E-state index contributed by atoms with van der Waals surface area (Å²) in [6, 6.07) is 88.4. The zero-order chi connectivity index (χ0) is 43.8. The Morgan fingerprint density at radius 2 is 0.530 bits per heavy atom. The Bertz CT molecular complexity index is 3730. The van der Waals surface area contributed by atoms with Crippen molar-refractivity contribution in [3.63, 3.8) is 0 Å². The van der Waals surface area contributed by atoms with Crippen LogP contribution in [0.15, 0.2) is 249 Å². The molecule has 0 bridgehead atoms. The molecule has 0 fully saturated rings. The molecule has 0 N–H and O–H groups in total. The Morgan fingerprint density at radius 1 is 0.182 bits per heavy atom. The maximum absolute atomic E-state index is 5.23. The lowest BCUT2D eigenvalue weighted by Crippen LogP contribution is -2.00. The number of hydrogen-bond donors (Lipinski definition) is 0. The molecule has 308 valence electrons. The fourth-order valence-electron chi connectivity index (χ4n) is 9.51. The standard InChI is InChI=1S/C63H41N3/c1-2-15-42(16-3-1)55-39-40-56(59-28-11-10-27-58(55)59)49-21-12-22-50(41-49)63-65-61(47-35-31-45(32-36-47)52-29-13-19-43-17-4-6-23-51(43)52)64-62(66-63)48-37-33-46(34-38-48)54-25-8-9-26-57(54)60-30-14-20-44-18-5-7-24-53(44)60/h1-41H. The van der Waals surface area contributed by atoms with E-state index < -0.39 is 0 Å². The highest BCUT2D eigenvalue weighted by molar-refractivity contribution is 6.05. The maximum Gasteiger partial charge on any atom is 0.164 e. The van der Waals surface area contributed by atoms with Gasteiger partial charge in [0.25, 0.3) is 0 Å². The molecule has 12 aromatic rings. The molecule has 0 saturated heterocycles. The van der Waals surface area contributed by atoms with Crippen LogP contribution >= 0.6 is 0 Å². The molecule has 0 radical (unpaired) electrons. The van der Waals surface area contributed by atoms with E-state index in [-0.39, 0.29) is 0 Å². The van der Waals surface area contributed by atoms with Crippen LogP contribution in [0.3, 0.4) is 0 Å². The van der Waals surface area contributed by atoms with Gasteiger partial charge in [-0.05, 0) is 94.0 Å². The van der Waals surface area contributed by atoms with Crippen LogP contribution < -0.4 is 0 Å². The molecule has 3 nitrogen and oxygen atoms in total. The number of nitrogens with zero attached hydrogens (tertiary/aromatic N) is 3. The molecule has 0 atom stereocenters. The summed E-state index contributed by atoms with van der Waals surface area (Å²) in [7, 11) is 0. The highest BCUT2D eigenvalue weighted by Gasteiger charge is 2.17. The highest BCUT2D eigenvalue weighted by Crippen LogP contribution is 2.39. The zero-order valence-electron chi connectivity index (χ0n) is 36.0. The Morgan fingerprint density at radius 3 is 1.15 bits per heavy atom. The molecule has 0 amide bonds. The quantitative estimate of drug-likeness (QED) is 0.153. The molecule has 0 aliphatic rings. The Hall–Kier alpha value is -8.79. The lowest BCUT2D eigenvalue weighted by molar-refractivity contribution is 1.07. The fourth-order valence-corrected chi connectivity index (χ4v) is 9.51. The predicted molar refractivity (Wildman–Crippen MR) is 276 cm³/mol. The van der Waals surface area contributed by atoms with Crippen molar-refractivity contribution in [3.05, 3.63) is 249 Å². The van der Waals surface area contributed by atoms with Gasteiger partial charge in [-0.25, -0.2) is 15.0 Å². The van der Waals surface area contributed by atoms with Gasteiger partial charge in [0.15, 0.2) is 17.5 Å². The van der Waals surface area contributed by atoms with Crippen molar-refractivity contribution in [2.24, 2.45) is 0 Å². The first-order chi connectivity index (χ1) is 32.7. The van der Waals surface area contributed by atoms with Crippen LogP contribution in [0.1, 0.15) is 0 Å². The van der Waals surface area contributed by atoms with Gasteiger partial charge in [0, 0.05) is 16.7 Å². The number of fused-ring (bicyclic) bond motifs is 3. The van der Waals surface area contributed by atoms with E-state index in [1.54, 1.807) is 0 Å². The smallest absolute Gasteiger partial charge is 0.164 e. The van der Waals surface area contributed by atoms with Gasteiger partial charge >= 0.3 is 0 Å². The molecule has 11 aromatic carbocycles. The highest BCUT2D eigenvalue weighted by atomic mass is 15.0. The van der Waals surface area contributed by atoms with Crippen molar-refractivity contribution in [3.8, 4) is 89.8 Å². The van der Waals surface area contributed by atoms with Crippen molar-refractivity contribution < 1.29 is 0 Å². The lowest BCUT2D eigenvalue weighted by atomic mass is 9.91. The summed E-state index contributed by atoms with van der Waals surface area (Å²) in [6.07, 6.45) is 0. The van der Waals surface area contributed by atoms with Crippen LogP contribution in [0.4, 0.5) is 0 Å². The van der Waals surface area contributed by atoms with Gasteiger partial charge in [0.05, 0.1) is 0 Å². The first-order valence-electron chi connectivity index (χ1n) is 22.4. The SMILES string of the molecule is c1ccc(-c2ccc(-c3cccc(-c4nc(-c5ccc(-c6ccccc6-c6cccc7ccccc67)cc5)nc(-c5ccc(-c6cccc7ccccc67)cc5)n4)c3)c3ccccc23)cc1. The molecule has 1 aromatic heterocycles. The topological polar surface area (TPSA) is 38.7 Å². The average Bonchev–Trinajstić information content (AvgIpc) is 3.40. The summed E-state index contributed by atoms with van der Waals surface area (Å²) in [4.78, 5) is 15.6. The van der Waals surface area contributed by atoms with Crippen molar-refractivity contribution in [1.29, 1.82) is 0 Å². The second kappa shape index (κ2) is 16.7. The van der Waals surface area contributed by atoms with E-state index in [1.165, 1.54) is 65.7 Å². The summed E-state index contributed by atoms with van der Waals surface area (Å²) in [5.74, 6) is 1.85. The molecule has 1 heterocycles. The number of rotatable bonds is 8. The minimum Gasteiger partial charge on any atom is -0.208 e. The first kappa shape index (κ1) is 38.9. The van der Waals surface area contributed by atoms with Crippen LogP contribution in [-0.2, 0) is 0 Å². The van der Waals surface area contributed by atoms with Gasteiger partial charge in [-0.2, -0.15) is 0 Å². The minimum absolute atomic E-state index is 0.616. The predicted octanol–water partition coefficient (Wildman–Crippen LogP) is 16.7. The molecule has 3 heteroatoms. The molecule has 0 aliphatic heterocycles. The summed E-state index contributed by atoms with van der Waals surface area (Å²) in [5.41, 5.74) is 14.5. The molecule has 0 unspecified atom stereocenters. The van der Waals surface area contributed by atoms with Crippen LogP contribution in [0.2, 0.25) is 0 Å². The van der Waals surface area contributed by atoms with Gasteiger partial charge in [-0.15, -0.1) is 0 Å². The van der Waals surface area contributed by atoms with E-state index >= 15 is 0 Å². The number of hydrogen-bond acceptors (Lipinski definition) is 3. The van der Waals surface area contributed by atoms with Crippen molar-refractivity contribution >= 4 is 32.3 Å². The van der Waals surface area contributed by atoms with E-state index in [2.05, 4.69) is 249 Å². The average molecular weight is 840 g/mol. The summed E-state index contributed by atoms with van der Waals surface area (Å²) in [6.45, 7) is 0. The van der Waals surface area contributed by atoms with Gasteiger partial charge in [0.2, 0.25) is 0 Å². The first-order valence-corrected chi connectivity index (χ1v) is 22.4. The van der Waals surface area contributed by atoms with Crippen LogP contribution in [0, 0.1) is 0 Å². The summed E-state index contributed by atoms with van der Waals surface area (Å²) in [5, 5.41) is 7.32. The third kappa shape index (κ3) is 7.19. The second-order valence-electron chi connectivity index (χ2n) is 16.7. The Kier molecular flexibility index (Phi) is 9.85. The fraction of sp³-hybridized carbons (Fsp3) is 0. The van der Waals surface area contributed by atoms with Gasteiger partial charge in [-0.1, -0.05) is 243 Å². The molecule has 0 aliphatic carbocycles. The van der Waals surface area contributed by atoms with Crippen molar-refractivity contribution in [2.75, 3.05) is 0 Å². The minimum atomic E-state index is 0.616. The van der Waals surface area contributed by atoms with Gasteiger partial charge < -0.3 is 0 Å². The molecular weight excluding hydrogens is 799 g/mol. The summed E-state index contributed by atoms with van der Waals surface area (Å²) < 4.78 is 0. The Balaban J connectivity index is 0.961. The van der Waals surface area contributed by atoms with E-state index in [0.717, 1.165) is 38.9 Å². The van der Waals surface area contributed by atoms with Gasteiger partial charge in [0.1, 0.15) is 0 Å². The van der Waals surface area contributed by atoms with Crippen LogP contribution in [0.25, 0.3) is 122 Å². The van der Waals surface area contributed by atoms with E-state index in [9.17, 15) is 0 Å². The Labute approximate surface area is 384 Å². The lowest BCUT2D eigenvalue weighted by Gasteiger charge is -2.14. The molecular formula is C63H41N3. The molecule has 12 rings (SSSR count). The van der Waals surface area contributed by atoms with Crippen LogP contribution in [0.5, 0.6) is 0 Å². The monoisotopic (exact) mass is 839 g/mol. The third-order valence-corrected chi connectivity index (χ3v) is 12.8. The van der Waals surface area contributed by atoms with Crippen LogP contribution in [-0.4, -0.2) is 15.0 Å². The molecule has 0 spiro atoms. The van der Waals surface area contributed by atoms with Crippen molar-refractivity contribution in [2.45, 2.75) is 0 Å². The van der Waals surface area contributed by atoms with E-state index in [1.807, 2.05) is 0 Å². The van der Waals surface area contributed by atoms with E-state index in [0.29, 0.717) is 17.5 Å². The maximum atomic E-state index is 5.23. The third-order valence-electron chi connectivity index (χ3n) is 12.8. The summed E-state index contributed by atoms with van der Waals surface area (Å²) >= 11 is 0. The second-order valence-corrected chi connectivity index (χ2v) is 16.7. The molecule has 66 heavy (non-hydrogen) atoms.